The van der Waals surface area contributed by atoms with E-state index in [1.807, 2.05) is 0 Å². The monoisotopic (exact) mass is 74.0 g/mol. The van der Waals surface area contributed by atoms with Crippen LogP contribution in [0.15, 0.2) is 0 Å². The maximum atomic E-state index is 4.35. The average Bonchev–Trinajstić information content (AvgIpc) is 1.76. The molecule has 0 atom stereocenters. The fourth-order valence-electron chi connectivity index (χ4n) is 0.161. The number of nitrogens with zero attached hydrogens (tertiary/aromatic N) is 1. The molecule has 0 aromatic heterocycles. The van der Waals surface area contributed by atoms with Crippen molar-refractivity contribution < 1.29 is 4.84 Å². The summed E-state index contributed by atoms with van der Waals surface area (Å²) in [5.74, 6) is 0. The lowest BCUT2D eigenvalue weighted by Gasteiger charge is -1.74. The lowest BCUT2D eigenvalue weighted by Crippen LogP contribution is -2.24. The van der Waals surface area contributed by atoms with Crippen LogP contribution in [0.5, 0.6) is 0 Å². The highest BCUT2D eigenvalue weighted by Crippen LogP contribution is 1.62. The molecule has 1 aliphatic heterocycles. The molecule has 0 aromatic carbocycles. The van der Waals surface area contributed by atoms with Gasteiger partial charge in [0.1, 0.15) is 6.73 Å². The third-order valence-electron chi connectivity index (χ3n) is 0.326. The molecule has 1 rings (SSSR count). The van der Waals surface area contributed by atoms with Crippen molar-refractivity contribution in [2.45, 2.75) is 0 Å². The van der Waals surface area contributed by atoms with Crippen LogP contribution in [0.1, 0.15) is 0 Å². The number of hydrazine groups is 1. The molecule has 0 bridgehead atoms. The van der Waals surface area contributed by atoms with Crippen LogP contribution in [0.3, 0.4) is 0 Å². The Bertz CT molecular complexity index is 18.5. The van der Waals surface area contributed by atoms with Crippen LogP contribution < -0.4 is 16.5 Å². The lowest BCUT2D eigenvalue weighted by atomic mass is 11.4. The summed E-state index contributed by atoms with van der Waals surface area (Å²) in [5, 5.41) is 0. The highest BCUT2D eigenvalue weighted by Gasteiger charge is 1.92. The van der Waals surface area contributed by atoms with Crippen LogP contribution in [0.2, 0.25) is 0 Å². The highest BCUT2D eigenvalue weighted by atomic mass is 16.7. The zero-order valence-corrected chi connectivity index (χ0v) is 2.56. The molecule has 1 radical (unpaired) electrons. The minimum atomic E-state index is 0.472. The van der Waals surface area contributed by atoms with Crippen LogP contribution in [0.4, 0.5) is 0 Å². The van der Waals surface area contributed by atoms with E-state index in [4.69, 9.17) is 0 Å². The molecule has 29 valence electrons. The van der Waals surface area contributed by atoms with Crippen molar-refractivity contribution in [3.8, 4) is 0 Å². The van der Waals surface area contributed by atoms with Gasteiger partial charge in [-0.05, 0) is 0 Å². The molecule has 0 aliphatic carbocycles. The first-order chi connectivity index (χ1) is 2.50. The maximum Gasteiger partial charge on any atom is 0.136 e. The SMILES string of the molecule is C1NN[N]O1. The summed E-state index contributed by atoms with van der Waals surface area (Å²) in [6.45, 7) is 0.472. The smallest absolute Gasteiger partial charge is 0.136 e. The molecule has 1 saturated heterocycles. The summed E-state index contributed by atoms with van der Waals surface area (Å²) in [7, 11) is 0. The van der Waals surface area contributed by atoms with Gasteiger partial charge in [-0.15, -0.1) is 5.53 Å². The first-order valence-corrected chi connectivity index (χ1v) is 1.30. The van der Waals surface area contributed by atoms with Crippen LogP contribution in [-0.4, -0.2) is 6.73 Å². The van der Waals surface area contributed by atoms with Crippen molar-refractivity contribution in [1.29, 1.82) is 0 Å². The summed E-state index contributed by atoms with van der Waals surface area (Å²) in [4.78, 5) is 4.35. The molecule has 0 amide bonds. The summed E-state index contributed by atoms with van der Waals surface area (Å²) < 4.78 is 0. The molecule has 0 spiro atoms. The van der Waals surface area contributed by atoms with Gasteiger partial charge in [0.25, 0.3) is 0 Å². The van der Waals surface area contributed by atoms with Gasteiger partial charge in [-0.1, -0.05) is 0 Å². The second kappa shape index (κ2) is 1.32. The number of hydrogen-bond donors (Lipinski definition) is 2. The molecule has 0 aromatic rings. The molecule has 4 nitrogen and oxygen atoms in total. The van der Waals surface area contributed by atoms with Gasteiger partial charge in [-0.3, -0.25) is 0 Å². The van der Waals surface area contributed by atoms with Gasteiger partial charge in [0.15, 0.2) is 0 Å². The predicted molar refractivity (Wildman–Crippen MR) is 14.4 cm³/mol. The third kappa shape index (κ3) is 0.555. The fourth-order valence-corrected chi connectivity index (χ4v) is 0.161. The molecule has 4 heteroatoms. The Labute approximate surface area is 29.4 Å². The van der Waals surface area contributed by atoms with Gasteiger partial charge in [0.05, 0.1) is 0 Å². The van der Waals surface area contributed by atoms with Crippen LogP contribution >= 0.6 is 0 Å². The largest absolute Gasteiger partial charge is 0.249 e. The molecule has 1 heterocycles. The Morgan fingerprint density at radius 3 is 3.00 bits per heavy atom. The maximum absolute atomic E-state index is 4.35. The van der Waals surface area contributed by atoms with Gasteiger partial charge in [-0.2, -0.15) is 0 Å². The molecular formula is CH4N3O. The van der Waals surface area contributed by atoms with E-state index in [1.165, 1.54) is 0 Å². The molecule has 5 heavy (non-hydrogen) atoms. The van der Waals surface area contributed by atoms with Crippen molar-refractivity contribution >= 4 is 0 Å². The van der Waals surface area contributed by atoms with E-state index in [1.54, 1.807) is 0 Å². The van der Waals surface area contributed by atoms with Gasteiger partial charge < -0.3 is 0 Å². The summed E-state index contributed by atoms with van der Waals surface area (Å²) in [5.41, 5.74) is 8.18. The molecular weight excluding hydrogens is 70.0 g/mol. The van der Waals surface area contributed by atoms with Crippen LogP contribution in [0, 0.1) is 0 Å². The number of nitrogens with one attached hydrogen (secondary N) is 2. The fraction of sp³-hybridized carbons (Fsp3) is 1.00. The first kappa shape index (κ1) is 3.05. The lowest BCUT2D eigenvalue weighted by molar-refractivity contribution is 0.0755. The van der Waals surface area contributed by atoms with E-state index in [9.17, 15) is 0 Å². The zero-order chi connectivity index (χ0) is 3.54. The second-order valence-corrected chi connectivity index (χ2v) is 0.653. The quantitative estimate of drug-likeness (QED) is 0.367. The molecule has 1 fully saturated rings. The summed E-state index contributed by atoms with van der Waals surface area (Å²) in [6.07, 6.45) is 0. The number of rotatable bonds is 0. The van der Waals surface area contributed by atoms with E-state index >= 15 is 0 Å². The molecule has 2 N–H and O–H groups in total. The molecule has 0 saturated carbocycles. The average molecular weight is 74.1 g/mol. The van der Waals surface area contributed by atoms with Crippen molar-refractivity contribution in [3.05, 3.63) is 0 Å². The van der Waals surface area contributed by atoms with Gasteiger partial charge >= 0.3 is 0 Å². The summed E-state index contributed by atoms with van der Waals surface area (Å²) >= 11 is 0. The molecule has 1 aliphatic rings. The van der Waals surface area contributed by atoms with Crippen molar-refractivity contribution in [2.75, 3.05) is 6.73 Å². The standard InChI is InChI=1S/CH4N3O/c1-2-3-4-5-1/h2-3H,1H2. The van der Waals surface area contributed by atoms with Crippen molar-refractivity contribution in [3.63, 3.8) is 0 Å². The van der Waals surface area contributed by atoms with Crippen LogP contribution in [-0.2, 0) is 4.84 Å². The minimum Gasteiger partial charge on any atom is -0.249 e. The third-order valence-corrected chi connectivity index (χ3v) is 0.326. The summed E-state index contributed by atoms with van der Waals surface area (Å²) in [6, 6.07) is 0. The van der Waals surface area contributed by atoms with E-state index in [-0.39, 0.29) is 0 Å². The highest BCUT2D eigenvalue weighted by molar-refractivity contribution is 4.17. The van der Waals surface area contributed by atoms with Gasteiger partial charge in [0.2, 0.25) is 0 Å². The topological polar surface area (TPSA) is 47.4 Å². The van der Waals surface area contributed by atoms with Crippen molar-refractivity contribution in [2.24, 2.45) is 0 Å². The Hall–Kier alpha value is -0.160. The van der Waals surface area contributed by atoms with Crippen LogP contribution in [0.25, 0.3) is 0 Å². The molecule has 0 unspecified atom stereocenters. The predicted octanol–water partition coefficient (Wildman–Crippen LogP) is -1.50. The zero-order valence-electron chi connectivity index (χ0n) is 2.56. The van der Waals surface area contributed by atoms with E-state index in [0.29, 0.717) is 6.73 Å². The van der Waals surface area contributed by atoms with E-state index < -0.39 is 0 Å². The Morgan fingerprint density at radius 2 is 2.80 bits per heavy atom. The number of hydrogen-bond acceptors (Lipinski definition) is 3. The Morgan fingerprint density at radius 1 is 1.80 bits per heavy atom. The van der Waals surface area contributed by atoms with Gasteiger partial charge in [0, 0.05) is 5.59 Å². The first-order valence-electron chi connectivity index (χ1n) is 1.30. The normalized spacial score (nSPS) is 24.0. The second-order valence-electron chi connectivity index (χ2n) is 0.653. The van der Waals surface area contributed by atoms with E-state index in [2.05, 4.69) is 21.4 Å². The Balaban J connectivity index is 2.08. The van der Waals surface area contributed by atoms with Gasteiger partial charge in [-0.25, -0.2) is 10.3 Å². The van der Waals surface area contributed by atoms with Crippen molar-refractivity contribution in [1.82, 2.24) is 16.5 Å². The van der Waals surface area contributed by atoms with E-state index in [0.717, 1.165) is 0 Å². The Kier molecular flexibility index (Phi) is 0.806. The minimum absolute atomic E-state index is 0.472.